The molecular weight excluding hydrogens is 278 g/mol. The average Bonchev–Trinajstić information content (AvgIpc) is 2.92. The second-order valence-electron chi connectivity index (χ2n) is 4.83. The van der Waals surface area contributed by atoms with Gasteiger partial charge in [-0.3, -0.25) is 4.79 Å². The first-order valence-corrected chi connectivity index (χ1v) is 6.63. The van der Waals surface area contributed by atoms with Gasteiger partial charge in [0.2, 0.25) is 0 Å². The van der Waals surface area contributed by atoms with Crippen LogP contribution in [0.15, 0.2) is 35.5 Å². The second kappa shape index (κ2) is 6.58. The summed E-state index contributed by atoms with van der Waals surface area (Å²) in [6, 6.07) is 2.64. The van der Waals surface area contributed by atoms with Crippen LogP contribution in [0.4, 0.5) is 8.78 Å². The van der Waals surface area contributed by atoms with Gasteiger partial charge in [-0.2, -0.15) is 5.10 Å². The van der Waals surface area contributed by atoms with Gasteiger partial charge in [0.05, 0.1) is 6.04 Å². The van der Waals surface area contributed by atoms with Gasteiger partial charge in [-0.1, -0.05) is 6.58 Å². The van der Waals surface area contributed by atoms with Gasteiger partial charge in [-0.25, -0.2) is 13.8 Å². The number of nitrogens with zero attached hydrogens (tertiary/aromatic N) is 2. The number of hydrazone groups is 1. The normalized spacial score (nSPS) is 17.3. The molecule has 0 fully saturated rings. The summed E-state index contributed by atoms with van der Waals surface area (Å²) < 4.78 is 26.6. The van der Waals surface area contributed by atoms with Crippen molar-refractivity contribution in [2.45, 2.75) is 25.3 Å². The van der Waals surface area contributed by atoms with Crippen LogP contribution in [0, 0.1) is 11.6 Å². The van der Waals surface area contributed by atoms with Crippen molar-refractivity contribution in [3.05, 3.63) is 47.5 Å². The van der Waals surface area contributed by atoms with E-state index in [9.17, 15) is 13.6 Å². The fraction of sp³-hybridized carbons (Fsp3) is 0.333. The molecule has 1 amide bonds. The molecule has 6 heteroatoms. The van der Waals surface area contributed by atoms with Gasteiger partial charge >= 0.3 is 0 Å². The highest BCUT2D eigenvalue weighted by molar-refractivity contribution is 5.94. The van der Waals surface area contributed by atoms with Crippen molar-refractivity contribution >= 4 is 12.1 Å². The highest BCUT2D eigenvalue weighted by Crippen LogP contribution is 2.30. The lowest BCUT2D eigenvalue weighted by atomic mass is 10.0. The lowest BCUT2D eigenvalue weighted by Gasteiger charge is -2.23. The van der Waals surface area contributed by atoms with E-state index in [0.29, 0.717) is 30.4 Å². The second-order valence-corrected chi connectivity index (χ2v) is 4.83. The number of halogens is 2. The van der Waals surface area contributed by atoms with Crippen molar-refractivity contribution in [3.63, 3.8) is 0 Å². The lowest BCUT2D eigenvalue weighted by molar-refractivity contribution is -0.129. The number of rotatable bonds is 5. The van der Waals surface area contributed by atoms with E-state index in [0.717, 1.165) is 6.07 Å². The Bertz CT molecular complexity index is 567. The van der Waals surface area contributed by atoms with E-state index in [1.165, 1.54) is 23.4 Å². The molecule has 0 saturated heterocycles. The summed E-state index contributed by atoms with van der Waals surface area (Å²) in [5, 5.41) is 13.9. The Morgan fingerprint density at radius 1 is 1.38 bits per heavy atom. The maximum atomic E-state index is 13.3. The molecule has 1 unspecified atom stereocenters. The third-order valence-electron chi connectivity index (χ3n) is 3.25. The van der Waals surface area contributed by atoms with E-state index in [-0.39, 0.29) is 6.61 Å². The van der Waals surface area contributed by atoms with Crippen LogP contribution < -0.4 is 0 Å². The molecule has 0 bridgehead atoms. The molecule has 1 atom stereocenters. The summed E-state index contributed by atoms with van der Waals surface area (Å²) in [6.45, 7) is 3.64. The predicted molar refractivity (Wildman–Crippen MR) is 74.5 cm³/mol. The number of aliphatic hydroxyl groups is 1. The summed E-state index contributed by atoms with van der Waals surface area (Å²) >= 11 is 0. The third kappa shape index (κ3) is 3.52. The maximum absolute atomic E-state index is 13.3. The minimum Gasteiger partial charge on any atom is -0.396 e. The zero-order chi connectivity index (χ0) is 15.4. The van der Waals surface area contributed by atoms with Crippen molar-refractivity contribution < 1.29 is 18.7 Å². The Morgan fingerprint density at radius 3 is 2.67 bits per heavy atom. The van der Waals surface area contributed by atoms with Crippen molar-refractivity contribution in [2.75, 3.05) is 6.61 Å². The zero-order valence-electron chi connectivity index (χ0n) is 11.4. The van der Waals surface area contributed by atoms with Crippen LogP contribution in [0.2, 0.25) is 0 Å². The molecule has 0 aliphatic carbocycles. The van der Waals surface area contributed by atoms with Crippen LogP contribution in [0.3, 0.4) is 0 Å². The van der Waals surface area contributed by atoms with Gasteiger partial charge in [-0.15, -0.1) is 0 Å². The molecule has 1 aliphatic heterocycles. The Hall–Kier alpha value is -2.08. The molecular formula is C15H16F2N2O2. The van der Waals surface area contributed by atoms with E-state index in [2.05, 4.69) is 11.7 Å². The van der Waals surface area contributed by atoms with Gasteiger partial charge in [0.1, 0.15) is 11.6 Å². The third-order valence-corrected chi connectivity index (χ3v) is 3.25. The lowest BCUT2D eigenvalue weighted by Crippen LogP contribution is -2.28. The number of benzene rings is 1. The Labute approximate surface area is 121 Å². The maximum Gasteiger partial charge on any atom is 0.269 e. The summed E-state index contributed by atoms with van der Waals surface area (Å²) in [5.74, 6) is -1.78. The summed E-state index contributed by atoms with van der Waals surface area (Å²) in [7, 11) is 0. The van der Waals surface area contributed by atoms with Crippen LogP contribution >= 0.6 is 0 Å². The minimum absolute atomic E-state index is 0.0336. The smallest absolute Gasteiger partial charge is 0.269 e. The quantitative estimate of drug-likeness (QED) is 0.849. The molecule has 0 saturated carbocycles. The first-order valence-electron chi connectivity index (χ1n) is 6.63. The first-order chi connectivity index (χ1) is 10.0. The summed E-state index contributed by atoms with van der Waals surface area (Å²) in [5.41, 5.74) is 0.665. The molecule has 1 aromatic rings. The topological polar surface area (TPSA) is 52.9 Å². The monoisotopic (exact) mass is 294 g/mol. The Morgan fingerprint density at radius 2 is 2.05 bits per heavy atom. The van der Waals surface area contributed by atoms with Crippen molar-refractivity contribution in [1.82, 2.24) is 5.01 Å². The fourth-order valence-electron chi connectivity index (χ4n) is 2.22. The number of hydrogen-bond acceptors (Lipinski definition) is 3. The van der Waals surface area contributed by atoms with Gasteiger partial charge < -0.3 is 5.11 Å². The van der Waals surface area contributed by atoms with Gasteiger partial charge in [0.25, 0.3) is 5.91 Å². The number of aliphatic hydroxyl groups excluding tert-OH is 1. The number of carbonyl (C=O) groups excluding carboxylic acids is 1. The highest BCUT2D eigenvalue weighted by Gasteiger charge is 2.29. The van der Waals surface area contributed by atoms with Crippen LogP contribution in [-0.4, -0.2) is 28.8 Å². The molecule has 21 heavy (non-hydrogen) atoms. The van der Waals surface area contributed by atoms with E-state index < -0.39 is 23.6 Å². The SMILES string of the molecule is C=C(CCCO)C(=O)N1N=CCC1c1cc(F)cc(F)c1. The molecule has 1 aromatic carbocycles. The van der Waals surface area contributed by atoms with Crippen LogP contribution in [0.25, 0.3) is 0 Å². The largest absolute Gasteiger partial charge is 0.396 e. The minimum atomic E-state index is -0.691. The van der Waals surface area contributed by atoms with Crippen LogP contribution in [-0.2, 0) is 4.79 Å². The molecule has 1 aliphatic rings. The average molecular weight is 294 g/mol. The van der Waals surface area contributed by atoms with E-state index in [1.807, 2.05) is 0 Å². The first kappa shape index (κ1) is 15.3. The van der Waals surface area contributed by atoms with E-state index in [1.54, 1.807) is 0 Å². The molecule has 0 radical (unpaired) electrons. The molecule has 0 aromatic heterocycles. The number of amides is 1. The standard InChI is InChI=1S/C15H16F2N2O2/c1-10(3-2-6-20)15(21)19-14(4-5-18-19)11-7-12(16)9-13(17)8-11/h5,7-9,14,20H,1-4,6H2. The molecule has 2 rings (SSSR count). The predicted octanol–water partition coefficient (Wildman–Crippen LogP) is 2.55. The number of carbonyl (C=O) groups is 1. The summed E-state index contributed by atoms with van der Waals surface area (Å²) in [6.07, 6.45) is 2.71. The van der Waals surface area contributed by atoms with Crippen molar-refractivity contribution in [2.24, 2.45) is 5.10 Å². The van der Waals surface area contributed by atoms with Gasteiger partial charge in [0, 0.05) is 30.9 Å². The molecule has 0 spiro atoms. The summed E-state index contributed by atoms with van der Waals surface area (Å²) in [4.78, 5) is 12.2. The van der Waals surface area contributed by atoms with Crippen LogP contribution in [0.5, 0.6) is 0 Å². The molecule has 1 N–H and O–H groups in total. The van der Waals surface area contributed by atoms with Crippen molar-refractivity contribution in [1.29, 1.82) is 0 Å². The van der Waals surface area contributed by atoms with E-state index >= 15 is 0 Å². The molecule has 112 valence electrons. The van der Waals surface area contributed by atoms with E-state index in [4.69, 9.17) is 5.11 Å². The van der Waals surface area contributed by atoms with Gasteiger partial charge in [0.15, 0.2) is 0 Å². The van der Waals surface area contributed by atoms with Crippen LogP contribution in [0.1, 0.15) is 30.9 Å². The van der Waals surface area contributed by atoms with Gasteiger partial charge in [-0.05, 0) is 30.5 Å². The number of hydrogen-bond donors (Lipinski definition) is 1. The fourth-order valence-corrected chi connectivity index (χ4v) is 2.22. The highest BCUT2D eigenvalue weighted by atomic mass is 19.1. The molecule has 4 nitrogen and oxygen atoms in total. The zero-order valence-corrected chi connectivity index (χ0v) is 11.4. The van der Waals surface area contributed by atoms with Crippen molar-refractivity contribution in [3.8, 4) is 0 Å². The Balaban J connectivity index is 2.17. The Kier molecular flexibility index (Phi) is 4.80. The molecule has 1 heterocycles.